The highest BCUT2D eigenvalue weighted by Crippen LogP contribution is 2.28. The van der Waals surface area contributed by atoms with E-state index in [4.69, 9.17) is 0 Å². The van der Waals surface area contributed by atoms with Crippen LogP contribution in [0.2, 0.25) is 0 Å². The van der Waals surface area contributed by atoms with E-state index in [0.29, 0.717) is 5.56 Å². The number of halogens is 1. The minimum absolute atomic E-state index is 0.336. The normalized spacial score (nSPS) is 10.9. The van der Waals surface area contributed by atoms with Crippen molar-refractivity contribution in [1.82, 2.24) is 0 Å². The number of hydrogen-bond acceptors (Lipinski definition) is 4. The summed E-state index contributed by atoms with van der Waals surface area (Å²) in [5.74, 6) is -0.358. The first-order valence-corrected chi connectivity index (χ1v) is 6.54. The van der Waals surface area contributed by atoms with Crippen LogP contribution in [0.25, 0.3) is 0 Å². The number of phenolic OH excluding ortho intramolecular Hbond substituents is 1. The first-order valence-electron chi connectivity index (χ1n) is 5.75. The predicted molar refractivity (Wildman–Crippen MR) is 80.9 cm³/mol. The fourth-order valence-corrected chi connectivity index (χ4v) is 2.22. The van der Waals surface area contributed by atoms with Gasteiger partial charge in [0.05, 0.1) is 10.6 Å². The molecule has 2 rings (SSSR count). The van der Waals surface area contributed by atoms with E-state index >= 15 is 0 Å². The third-order valence-corrected chi connectivity index (χ3v) is 3.29. The van der Waals surface area contributed by atoms with E-state index in [0.717, 1.165) is 15.7 Å². The van der Waals surface area contributed by atoms with Gasteiger partial charge in [0.1, 0.15) is 0 Å². The molecule has 1 N–H and O–H groups in total. The lowest BCUT2D eigenvalue weighted by atomic mass is 10.2. The van der Waals surface area contributed by atoms with E-state index in [-0.39, 0.29) is 11.4 Å². The van der Waals surface area contributed by atoms with Gasteiger partial charge in [0.15, 0.2) is 5.75 Å². The summed E-state index contributed by atoms with van der Waals surface area (Å²) in [6.45, 7) is 1.97. The number of nitro benzene ring substituents is 1. The summed E-state index contributed by atoms with van der Waals surface area (Å²) in [6.07, 6.45) is 1.52. The maximum Gasteiger partial charge on any atom is 0.311 e. The summed E-state index contributed by atoms with van der Waals surface area (Å²) in [5.41, 5.74) is 2.04. The number of aromatic hydroxyl groups is 1. The Kier molecular flexibility index (Phi) is 4.14. The predicted octanol–water partition coefficient (Wildman–Crippen LogP) is 4.12. The Hall–Kier alpha value is -2.21. The first-order chi connectivity index (χ1) is 9.47. The quantitative estimate of drug-likeness (QED) is 0.521. The molecule has 0 aliphatic carbocycles. The maximum absolute atomic E-state index is 10.7. The lowest BCUT2D eigenvalue weighted by molar-refractivity contribution is -0.385. The summed E-state index contributed by atoms with van der Waals surface area (Å²) < 4.78 is 0.849. The van der Waals surface area contributed by atoms with Crippen molar-refractivity contribution in [3.8, 4) is 5.75 Å². The molecular weight excluding hydrogens is 324 g/mol. The van der Waals surface area contributed by atoms with Gasteiger partial charge in [0.25, 0.3) is 0 Å². The molecule has 0 atom stereocenters. The molecule has 0 radical (unpaired) electrons. The number of nitro groups is 1. The highest BCUT2D eigenvalue weighted by molar-refractivity contribution is 9.10. The van der Waals surface area contributed by atoms with E-state index in [9.17, 15) is 15.2 Å². The molecule has 0 bridgehead atoms. The third-order valence-electron chi connectivity index (χ3n) is 2.65. The molecule has 20 heavy (non-hydrogen) atoms. The van der Waals surface area contributed by atoms with Gasteiger partial charge in [-0.05, 0) is 58.2 Å². The van der Waals surface area contributed by atoms with Gasteiger partial charge in [-0.1, -0.05) is 6.07 Å². The van der Waals surface area contributed by atoms with Gasteiger partial charge in [-0.15, -0.1) is 0 Å². The number of hydrogen-bond donors (Lipinski definition) is 1. The largest absolute Gasteiger partial charge is 0.502 e. The summed E-state index contributed by atoms with van der Waals surface area (Å²) >= 11 is 3.41. The highest BCUT2D eigenvalue weighted by atomic mass is 79.9. The Balaban J connectivity index is 2.32. The number of aryl methyl sites for hydroxylation is 1. The summed E-state index contributed by atoms with van der Waals surface area (Å²) in [4.78, 5) is 14.4. The average Bonchev–Trinajstić information content (AvgIpc) is 2.39. The van der Waals surface area contributed by atoms with Crippen molar-refractivity contribution in [2.75, 3.05) is 0 Å². The smallest absolute Gasteiger partial charge is 0.311 e. The molecule has 0 fully saturated rings. The van der Waals surface area contributed by atoms with Crippen LogP contribution < -0.4 is 0 Å². The van der Waals surface area contributed by atoms with Crippen molar-refractivity contribution < 1.29 is 10.0 Å². The van der Waals surface area contributed by atoms with Crippen molar-refractivity contribution in [2.45, 2.75) is 6.92 Å². The molecule has 0 heterocycles. The van der Waals surface area contributed by atoms with E-state index < -0.39 is 4.92 Å². The number of benzene rings is 2. The maximum atomic E-state index is 10.7. The van der Waals surface area contributed by atoms with Crippen molar-refractivity contribution in [3.05, 3.63) is 62.1 Å². The topological polar surface area (TPSA) is 75.7 Å². The van der Waals surface area contributed by atoms with Crippen LogP contribution in [0.4, 0.5) is 11.4 Å². The lowest BCUT2D eigenvalue weighted by Crippen LogP contribution is -1.90. The molecule has 0 saturated heterocycles. The summed E-state index contributed by atoms with van der Waals surface area (Å²) in [7, 11) is 0. The molecule has 0 aliphatic heterocycles. The SMILES string of the molecule is Cc1ccc(N=Cc2ccc(O)c([N+](=O)[O-])c2)c(Br)c1. The van der Waals surface area contributed by atoms with Crippen LogP contribution in [0.15, 0.2) is 45.9 Å². The van der Waals surface area contributed by atoms with Crippen molar-refractivity contribution in [3.63, 3.8) is 0 Å². The zero-order chi connectivity index (χ0) is 14.7. The molecule has 0 aromatic heterocycles. The van der Waals surface area contributed by atoms with Gasteiger partial charge in [-0.2, -0.15) is 0 Å². The Morgan fingerprint density at radius 1 is 1.30 bits per heavy atom. The molecule has 102 valence electrons. The second kappa shape index (κ2) is 5.83. The fourth-order valence-electron chi connectivity index (χ4n) is 1.63. The molecule has 0 unspecified atom stereocenters. The third kappa shape index (κ3) is 3.21. The highest BCUT2D eigenvalue weighted by Gasteiger charge is 2.12. The molecule has 2 aromatic rings. The number of nitrogens with zero attached hydrogens (tertiary/aromatic N) is 2. The van der Waals surface area contributed by atoms with Gasteiger partial charge in [0.2, 0.25) is 0 Å². The van der Waals surface area contributed by atoms with Crippen LogP contribution in [-0.4, -0.2) is 16.2 Å². The zero-order valence-electron chi connectivity index (χ0n) is 10.6. The van der Waals surface area contributed by atoms with Crippen LogP contribution in [0.1, 0.15) is 11.1 Å². The molecule has 0 amide bonds. The fraction of sp³-hybridized carbons (Fsp3) is 0.0714. The van der Waals surface area contributed by atoms with Gasteiger partial charge < -0.3 is 5.11 Å². The molecule has 0 aliphatic rings. The van der Waals surface area contributed by atoms with Crippen molar-refractivity contribution in [1.29, 1.82) is 0 Å². The van der Waals surface area contributed by atoms with Gasteiger partial charge in [0, 0.05) is 16.8 Å². The Labute approximate surface area is 123 Å². The Morgan fingerprint density at radius 2 is 2.05 bits per heavy atom. The average molecular weight is 335 g/mol. The van der Waals surface area contributed by atoms with Crippen LogP contribution >= 0.6 is 15.9 Å². The zero-order valence-corrected chi connectivity index (χ0v) is 12.2. The summed E-state index contributed by atoms with van der Waals surface area (Å²) in [6, 6.07) is 9.84. The van der Waals surface area contributed by atoms with E-state index in [2.05, 4.69) is 20.9 Å². The molecule has 6 heteroatoms. The monoisotopic (exact) mass is 334 g/mol. The van der Waals surface area contributed by atoms with Gasteiger partial charge in [-0.25, -0.2) is 0 Å². The number of phenols is 1. The lowest BCUT2D eigenvalue weighted by Gasteiger charge is -2.00. The van der Waals surface area contributed by atoms with E-state index in [1.807, 2.05) is 25.1 Å². The second-order valence-corrected chi connectivity index (χ2v) is 5.07. The standard InChI is InChI=1S/C14H11BrN2O3/c1-9-2-4-12(11(15)6-9)16-8-10-3-5-14(18)13(7-10)17(19)20/h2-8,18H,1H3. The number of rotatable bonds is 3. The van der Waals surface area contributed by atoms with Crippen molar-refractivity contribution >= 4 is 33.5 Å². The van der Waals surface area contributed by atoms with Crippen LogP contribution in [0.5, 0.6) is 5.75 Å². The summed E-state index contributed by atoms with van der Waals surface area (Å²) in [5, 5.41) is 20.1. The second-order valence-electron chi connectivity index (χ2n) is 4.22. The van der Waals surface area contributed by atoms with E-state index in [1.54, 1.807) is 6.07 Å². The molecule has 0 saturated carbocycles. The Morgan fingerprint density at radius 3 is 2.70 bits per heavy atom. The molecule has 2 aromatic carbocycles. The first kappa shape index (κ1) is 14.2. The Bertz CT molecular complexity index is 699. The minimum Gasteiger partial charge on any atom is -0.502 e. The van der Waals surface area contributed by atoms with Gasteiger partial charge >= 0.3 is 5.69 Å². The van der Waals surface area contributed by atoms with Crippen molar-refractivity contribution in [2.24, 2.45) is 4.99 Å². The molecule has 5 nitrogen and oxygen atoms in total. The van der Waals surface area contributed by atoms with Crippen LogP contribution in [0, 0.1) is 17.0 Å². The minimum atomic E-state index is -0.630. The van der Waals surface area contributed by atoms with Crippen LogP contribution in [0.3, 0.4) is 0 Å². The van der Waals surface area contributed by atoms with Gasteiger partial charge in [-0.3, -0.25) is 15.1 Å². The number of aliphatic imine (C=N–C) groups is 1. The van der Waals surface area contributed by atoms with E-state index in [1.165, 1.54) is 18.3 Å². The molecular formula is C14H11BrN2O3. The van der Waals surface area contributed by atoms with Crippen LogP contribution in [-0.2, 0) is 0 Å². The molecule has 0 spiro atoms.